The minimum absolute atomic E-state index is 0.0556. The van der Waals surface area contributed by atoms with Crippen LogP contribution in [0.15, 0.2) is 29.2 Å². The molecule has 0 aliphatic heterocycles. The highest BCUT2D eigenvalue weighted by Crippen LogP contribution is 2.20. The van der Waals surface area contributed by atoms with Crippen LogP contribution in [0, 0.1) is 0 Å². The van der Waals surface area contributed by atoms with Gasteiger partial charge in [-0.2, -0.15) is 0 Å². The second kappa shape index (κ2) is 7.35. The number of carbonyl (C=O) groups excluding carboxylic acids is 1. The van der Waals surface area contributed by atoms with Crippen molar-refractivity contribution in [1.29, 1.82) is 0 Å². The Kier molecular flexibility index (Phi) is 6.08. The van der Waals surface area contributed by atoms with E-state index in [0.717, 1.165) is 11.4 Å². The van der Waals surface area contributed by atoms with E-state index in [0.29, 0.717) is 11.8 Å². The topological polar surface area (TPSA) is 41.1 Å². The lowest BCUT2D eigenvalue weighted by Crippen LogP contribution is -2.19. The fraction of sp³-hybridized carbons (Fsp3) is 0.462. The van der Waals surface area contributed by atoms with Gasteiger partial charge < -0.3 is 10.6 Å². The summed E-state index contributed by atoms with van der Waals surface area (Å²) < 4.78 is 0. The molecule has 0 saturated carbocycles. The fourth-order valence-electron chi connectivity index (χ4n) is 1.50. The van der Waals surface area contributed by atoms with Gasteiger partial charge in [-0.1, -0.05) is 19.1 Å². The highest BCUT2D eigenvalue weighted by Gasteiger charge is 2.04. The summed E-state index contributed by atoms with van der Waals surface area (Å²) in [5, 5.41) is 5.98. The molecule has 1 aromatic rings. The largest absolute Gasteiger partial charge is 0.358 e. The van der Waals surface area contributed by atoms with Crippen LogP contribution in [-0.2, 0) is 4.79 Å². The van der Waals surface area contributed by atoms with Crippen molar-refractivity contribution >= 4 is 17.7 Å². The van der Waals surface area contributed by atoms with Crippen molar-refractivity contribution in [3.05, 3.63) is 29.8 Å². The summed E-state index contributed by atoms with van der Waals surface area (Å²) in [5.41, 5.74) is 1.27. The van der Waals surface area contributed by atoms with Crippen LogP contribution in [0.1, 0.15) is 25.5 Å². The molecule has 2 N–H and O–H groups in total. The monoisotopic (exact) mass is 252 g/mol. The molecule has 0 spiro atoms. The smallest absolute Gasteiger partial charge is 0.230 e. The van der Waals surface area contributed by atoms with Gasteiger partial charge in [0.15, 0.2) is 0 Å². The van der Waals surface area contributed by atoms with Gasteiger partial charge in [-0.3, -0.25) is 4.79 Å². The van der Waals surface area contributed by atoms with Gasteiger partial charge in [-0.15, -0.1) is 11.8 Å². The van der Waals surface area contributed by atoms with E-state index >= 15 is 0 Å². The third-order valence-corrected chi connectivity index (χ3v) is 3.55. The number of rotatable bonds is 6. The molecule has 1 unspecified atom stereocenters. The third-order valence-electron chi connectivity index (χ3n) is 2.54. The van der Waals surface area contributed by atoms with Crippen LogP contribution >= 0.6 is 11.8 Å². The molecule has 1 amide bonds. The second-order valence-corrected chi connectivity index (χ2v) is 4.86. The zero-order valence-electron chi connectivity index (χ0n) is 10.6. The summed E-state index contributed by atoms with van der Waals surface area (Å²) in [6.45, 7) is 5.22. The lowest BCUT2D eigenvalue weighted by Gasteiger charge is -2.12. The van der Waals surface area contributed by atoms with Gasteiger partial charge in [-0.25, -0.2) is 0 Å². The first-order chi connectivity index (χ1) is 8.17. The molecule has 0 aliphatic carbocycles. The summed E-state index contributed by atoms with van der Waals surface area (Å²) in [5.74, 6) is 0.526. The van der Waals surface area contributed by atoms with Gasteiger partial charge in [0, 0.05) is 18.0 Å². The number of thioether (sulfide) groups is 1. The maximum atomic E-state index is 11.1. The van der Waals surface area contributed by atoms with E-state index in [9.17, 15) is 4.79 Å². The van der Waals surface area contributed by atoms with Crippen molar-refractivity contribution in [2.75, 3.05) is 19.3 Å². The van der Waals surface area contributed by atoms with Gasteiger partial charge >= 0.3 is 0 Å². The molecule has 0 fully saturated rings. The Labute approximate surface area is 107 Å². The van der Waals surface area contributed by atoms with Gasteiger partial charge in [0.2, 0.25) is 5.91 Å². The Bertz CT molecular complexity index is 351. The van der Waals surface area contributed by atoms with Crippen LogP contribution in [0.2, 0.25) is 0 Å². The Balaban J connectivity index is 2.52. The summed E-state index contributed by atoms with van der Waals surface area (Å²) in [6.07, 6.45) is 0. The highest BCUT2D eigenvalue weighted by atomic mass is 32.2. The quantitative estimate of drug-likeness (QED) is 0.763. The average Bonchev–Trinajstić information content (AvgIpc) is 2.36. The lowest BCUT2D eigenvalue weighted by atomic mass is 10.1. The van der Waals surface area contributed by atoms with Crippen LogP contribution in [0.4, 0.5) is 0 Å². The van der Waals surface area contributed by atoms with Crippen LogP contribution in [0.3, 0.4) is 0 Å². The van der Waals surface area contributed by atoms with E-state index in [1.807, 2.05) is 0 Å². The van der Waals surface area contributed by atoms with E-state index in [1.54, 1.807) is 18.8 Å². The highest BCUT2D eigenvalue weighted by molar-refractivity contribution is 8.00. The van der Waals surface area contributed by atoms with Gasteiger partial charge in [-0.05, 0) is 31.2 Å². The van der Waals surface area contributed by atoms with E-state index in [2.05, 4.69) is 48.7 Å². The Morgan fingerprint density at radius 1 is 1.35 bits per heavy atom. The van der Waals surface area contributed by atoms with Crippen molar-refractivity contribution in [2.45, 2.75) is 24.8 Å². The number of nitrogens with one attached hydrogen (secondary N) is 2. The Hall–Kier alpha value is -1.00. The number of benzene rings is 1. The Morgan fingerprint density at radius 2 is 2.00 bits per heavy atom. The Morgan fingerprint density at radius 3 is 2.53 bits per heavy atom. The van der Waals surface area contributed by atoms with Crippen molar-refractivity contribution in [3.8, 4) is 0 Å². The molecular weight excluding hydrogens is 232 g/mol. The maximum Gasteiger partial charge on any atom is 0.230 e. The summed E-state index contributed by atoms with van der Waals surface area (Å²) in [4.78, 5) is 12.2. The first-order valence-electron chi connectivity index (χ1n) is 5.84. The van der Waals surface area contributed by atoms with E-state index < -0.39 is 0 Å². The van der Waals surface area contributed by atoms with E-state index in [1.165, 1.54) is 5.56 Å². The van der Waals surface area contributed by atoms with Crippen LogP contribution in [0.5, 0.6) is 0 Å². The van der Waals surface area contributed by atoms with Crippen molar-refractivity contribution in [3.63, 3.8) is 0 Å². The molecule has 0 aliphatic rings. The summed E-state index contributed by atoms with van der Waals surface area (Å²) in [6, 6.07) is 8.73. The molecule has 94 valence electrons. The molecular formula is C13H20N2OS. The summed E-state index contributed by atoms with van der Waals surface area (Å²) in [7, 11) is 1.66. The van der Waals surface area contributed by atoms with Gasteiger partial charge in [0.25, 0.3) is 0 Å². The SMILES string of the molecule is CCNC(C)c1ccc(SCC(=O)NC)cc1. The van der Waals surface area contributed by atoms with Crippen LogP contribution < -0.4 is 10.6 Å². The van der Waals surface area contributed by atoms with Crippen molar-refractivity contribution in [2.24, 2.45) is 0 Å². The number of hydrogen-bond donors (Lipinski definition) is 2. The van der Waals surface area contributed by atoms with Crippen LogP contribution in [0.25, 0.3) is 0 Å². The normalized spacial score (nSPS) is 12.2. The molecule has 4 heteroatoms. The number of hydrogen-bond acceptors (Lipinski definition) is 3. The number of carbonyl (C=O) groups is 1. The molecule has 1 rings (SSSR count). The maximum absolute atomic E-state index is 11.1. The fourth-order valence-corrected chi connectivity index (χ4v) is 2.27. The molecule has 0 saturated heterocycles. The number of amides is 1. The van der Waals surface area contributed by atoms with E-state index in [4.69, 9.17) is 0 Å². The molecule has 0 heterocycles. The van der Waals surface area contributed by atoms with Crippen molar-refractivity contribution < 1.29 is 4.79 Å². The molecule has 17 heavy (non-hydrogen) atoms. The molecule has 1 aromatic carbocycles. The summed E-state index contributed by atoms with van der Waals surface area (Å²) >= 11 is 1.55. The van der Waals surface area contributed by atoms with E-state index in [-0.39, 0.29) is 5.91 Å². The van der Waals surface area contributed by atoms with Crippen molar-refractivity contribution in [1.82, 2.24) is 10.6 Å². The predicted octanol–water partition coefficient (Wildman–Crippen LogP) is 2.20. The second-order valence-electron chi connectivity index (χ2n) is 3.81. The zero-order chi connectivity index (χ0) is 12.7. The van der Waals surface area contributed by atoms with Gasteiger partial charge in [0.05, 0.1) is 5.75 Å². The molecule has 0 bridgehead atoms. The molecule has 0 aromatic heterocycles. The first kappa shape index (κ1) is 14.1. The first-order valence-corrected chi connectivity index (χ1v) is 6.82. The molecule has 3 nitrogen and oxygen atoms in total. The minimum atomic E-state index is 0.0556. The lowest BCUT2D eigenvalue weighted by molar-refractivity contribution is -0.118. The predicted molar refractivity (Wildman–Crippen MR) is 73.3 cm³/mol. The minimum Gasteiger partial charge on any atom is -0.358 e. The third kappa shape index (κ3) is 4.79. The molecule has 0 radical (unpaired) electrons. The zero-order valence-corrected chi connectivity index (χ0v) is 11.4. The standard InChI is InChI=1S/C13H20N2OS/c1-4-15-10(2)11-5-7-12(8-6-11)17-9-13(16)14-3/h5-8,10,15H,4,9H2,1-3H3,(H,14,16). The van der Waals surface area contributed by atoms with Crippen LogP contribution in [-0.4, -0.2) is 25.3 Å². The average molecular weight is 252 g/mol. The van der Waals surface area contributed by atoms with Gasteiger partial charge in [0.1, 0.15) is 0 Å². The molecule has 1 atom stereocenters.